The minimum absolute atomic E-state index is 1.01. The van der Waals surface area contributed by atoms with Gasteiger partial charge in [-0.2, -0.15) is 0 Å². The molecular weight excluding hydrogens is 156 g/mol. The van der Waals surface area contributed by atoms with Crippen LogP contribution < -0.4 is 0 Å². The lowest BCUT2D eigenvalue weighted by molar-refractivity contribution is 0.245. The molecule has 2 aliphatic rings. The number of hydrogen-bond donors (Lipinski definition) is 0. The van der Waals surface area contributed by atoms with Gasteiger partial charge in [-0.15, -0.1) is 0 Å². The normalized spacial score (nSPS) is 42.5. The van der Waals surface area contributed by atoms with Crippen molar-refractivity contribution in [2.24, 2.45) is 23.7 Å². The van der Waals surface area contributed by atoms with E-state index in [2.05, 4.69) is 13.8 Å². The van der Waals surface area contributed by atoms with Crippen molar-refractivity contribution in [1.29, 1.82) is 0 Å². The molecule has 0 aliphatic heterocycles. The molecule has 0 aromatic carbocycles. The summed E-state index contributed by atoms with van der Waals surface area (Å²) in [6.07, 6.45) is 10.7. The van der Waals surface area contributed by atoms with E-state index < -0.39 is 0 Å². The van der Waals surface area contributed by atoms with Crippen molar-refractivity contribution < 1.29 is 0 Å². The average molecular weight is 180 g/mol. The summed E-state index contributed by atoms with van der Waals surface area (Å²) < 4.78 is 0. The zero-order chi connectivity index (χ0) is 9.26. The van der Waals surface area contributed by atoms with E-state index in [0.29, 0.717) is 0 Å². The van der Waals surface area contributed by atoms with Crippen LogP contribution in [0.4, 0.5) is 0 Å². The third-order valence-electron chi connectivity index (χ3n) is 4.64. The van der Waals surface area contributed by atoms with Crippen molar-refractivity contribution in [3.05, 3.63) is 0 Å². The van der Waals surface area contributed by atoms with Crippen LogP contribution in [0, 0.1) is 23.7 Å². The molecule has 2 saturated carbocycles. The molecule has 0 saturated heterocycles. The topological polar surface area (TPSA) is 0 Å². The predicted octanol–water partition coefficient (Wildman–Crippen LogP) is 4.25. The summed E-state index contributed by atoms with van der Waals surface area (Å²) >= 11 is 0. The Morgan fingerprint density at radius 1 is 0.692 bits per heavy atom. The van der Waals surface area contributed by atoms with Crippen LogP contribution in [-0.2, 0) is 0 Å². The molecular formula is C13H24. The molecule has 0 N–H and O–H groups in total. The standard InChI is InChI=1S/C13H24/c1-10-8-13(9-11(10)2)12-6-4-3-5-7-12/h10-13H,3-9H2,1-2H3/t10-,11?,13?/m1/s1. The summed E-state index contributed by atoms with van der Waals surface area (Å²) in [7, 11) is 0. The van der Waals surface area contributed by atoms with Crippen molar-refractivity contribution >= 4 is 0 Å². The first-order chi connectivity index (χ1) is 6.27. The van der Waals surface area contributed by atoms with Crippen molar-refractivity contribution in [1.82, 2.24) is 0 Å². The van der Waals surface area contributed by atoms with Crippen LogP contribution in [0.2, 0.25) is 0 Å². The lowest BCUT2D eigenvalue weighted by Crippen LogP contribution is -2.15. The number of hydrogen-bond acceptors (Lipinski definition) is 0. The zero-order valence-corrected chi connectivity index (χ0v) is 9.26. The Morgan fingerprint density at radius 2 is 1.23 bits per heavy atom. The lowest BCUT2D eigenvalue weighted by Gasteiger charge is -2.27. The molecule has 0 bridgehead atoms. The van der Waals surface area contributed by atoms with Gasteiger partial charge in [-0.3, -0.25) is 0 Å². The van der Waals surface area contributed by atoms with Crippen LogP contribution in [-0.4, -0.2) is 0 Å². The maximum atomic E-state index is 2.45. The maximum absolute atomic E-state index is 2.45. The molecule has 0 aromatic heterocycles. The zero-order valence-electron chi connectivity index (χ0n) is 9.26. The predicted molar refractivity (Wildman–Crippen MR) is 57.6 cm³/mol. The van der Waals surface area contributed by atoms with Gasteiger partial charge in [0, 0.05) is 0 Å². The SMILES string of the molecule is CC1CC(C2CCCCC2)C[C@H]1C. The summed E-state index contributed by atoms with van der Waals surface area (Å²) in [5.41, 5.74) is 0. The van der Waals surface area contributed by atoms with Gasteiger partial charge in [0.2, 0.25) is 0 Å². The minimum atomic E-state index is 1.01. The van der Waals surface area contributed by atoms with Gasteiger partial charge in [0.05, 0.1) is 0 Å². The van der Waals surface area contributed by atoms with E-state index in [1.165, 1.54) is 32.1 Å². The molecule has 0 radical (unpaired) electrons. The first-order valence-corrected chi connectivity index (χ1v) is 6.27. The summed E-state index contributed by atoms with van der Waals surface area (Å²) in [4.78, 5) is 0. The van der Waals surface area contributed by atoms with Gasteiger partial charge in [-0.25, -0.2) is 0 Å². The second-order valence-electron chi connectivity index (χ2n) is 5.58. The summed E-state index contributed by atoms with van der Waals surface area (Å²) in [5.74, 6) is 4.23. The van der Waals surface area contributed by atoms with Gasteiger partial charge in [-0.1, -0.05) is 46.0 Å². The first kappa shape index (κ1) is 9.55. The van der Waals surface area contributed by atoms with E-state index in [1.54, 1.807) is 12.8 Å². The second kappa shape index (κ2) is 4.02. The molecule has 2 fully saturated rings. The molecule has 2 rings (SSSR count). The first-order valence-electron chi connectivity index (χ1n) is 6.27. The molecule has 0 nitrogen and oxygen atoms in total. The molecule has 0 heteroatoms. The van der Waals surface area contributed by atoms with E-state index in [9.17, 15) is 0 Å². The molecule has 0 aromatic rings. The maximum Gasteiger partial charge on any atom is -0.0381 e. The Kier molecular flexibility index (Phi) is 2.96. The highest BCUT2D eigenvalue weighted by Gasteiger charge is 2.33. The molecule has 2 aliphatic carbocycles. The fourth-order valence-corrected chi connectivity index (χ4v) is 3.51. The van der Waals surface area contributed by atoms with Gasteiger partial charge >= 0.3 is 0 Å². The van der Waals surface area contributed by atoms with Crippen LogP contribution >= 0.6 is 0 Å². The van der Waals surface area contributed by atoms with Crippen LogP contribution in [0.3, 0.4) is 0 Å². The fourth-order valence-electron chi connectivity index (χ4n) is 3.51. The highest BCUT2D eigenvalue weighted by Crippen LogP contribution is 2.44. The lowest BCUT2D eigenvalue weighted by atomic mass is 9.79. The third-order valence-corrected chi connectivity index (χ3v) is 4.64. The average Bonchev–Trinajstić information content (AvgIpc) is 2.49. The Hall–Kier alpha value is 0. The van der Waals surface area contributed by atoms with Gasteiger partial charge in [-0.05, 0) is 36.5 Å². The van der Waals surface area contributed by atoms with Crippen molar-refractivity contribution in [2.75, 3.05) is 0 Å². The highest BCUT2D eigenvalue weighted by atomic mass is 14.4. The second-order valence-corrected chi connectivity index (χ2v) is 5.58. The van der Waals surface area contributed by atoms with Gasteiger partial charge in [0.15, 0.2) is 0 Å². The van der Waals surface area contributed by atoms with Crippen molar-refractivity contribution in [3.63, 3.8) is 0 Å². The number of rotatable bonds is 1. The Balaban J connectivity index is 1.87. The minimum Gasteiger partial charge on any atom is -0.0622 e. The van der Waals surface area contributed by atoms with Gasteiger partial charge < -0.3 is 0 Å². The van der Waals surface area contributed by atoms with Crippen LogP contribution in [0.25, 0.3) is 0 Å². The van der Waals surface area contributed by atoms with Gasteiger partial charge in [0.1, 0.15) is 0 Å². The molecule has 13 heavy (non-hydrogen) atoms. The highest BCUT2D eigenvalue weighted by molar-refractivity contribution is 4.84. The summed E-state index contributed by atoms with van der Waals surface area (Å²) in [6, 6.07) is 0. The van der Waals surface area contributed by atoms with E-state index in [4.69, 9.17) is 0 Å². The molecule has 2 unspecified atom stereocenters. The van der Waals surface area contributed by atoms with Gasteiger partial charge in [0.25, 0.3) is 0 Å². The monoisotopic (exact) mass is 180 g/mol. The fraction of sp³-hybridized carbons (Fsp3) is 1.00. The van der Waals surface area contributed by atoms with Crippen LogP contribution in [0.1, 0.15) is 58.8 Å². The molecule has 76 valence electrons. The molecule has 0 spiro atoms. The Bertz CT molecular complexity index is 145. The van der Waals surface area contributed by atoms with E-state index in [-0.39, 0.29) is 0 Å². The summed E-state index contributed by atoms with van der Waals surface area (Å²) in [5, 5.41) is 0. The molecule has 0 heterocycles. The third kappa shape index (κ3) is 2.08. The van der Waals surface area contributed by atoms with Crippen LogP contribution in [0.15, 0.2) is 0 Å². The van der Waals surface area contributed by atoms with Crippen molar-refractivity contribution in [3.8, 4) is 0 Å². The van der Waals surface area contributed by atoms with Crippen molar-refractivity contribution in [2.45, 2.75) is 58.8 Å². The Morgan fingerprint density at radius 3 is 1.77 bits per heavy atom. The molecule has 0 amide bonds. The molecule has 3 atom stereocenters. The van der Waals surface area contributed by atoms with E-state index in [0.717, 1.165) is 23.7 Å². The smallest absolute Gasteiger partial charge is 0.0381 e. The van der Waals surface area contributed by atoms with E-state index in [1.807, 2.05) is 0 Å². The van der Waals surface area contributed by atoms with E-state index >= 15 is 0 Å². The Labute approximate surface area is 83.1 Å². The largest absolute Gasteiger partial charge is 0.0622 e. The quantitative estimate of drug-likeness (QED) is 0.566. The summed E-state index contributed by atoms with van der Waals surface area (Å²) in [6.45, 7) is 4.90. The van der Waals surface area contributed by atoms with Crippen LogP contribution in [0.5, 0.6) is 0 Å².